The van der Waals surface area contributed by atoms with Gasteiger partial charge >= 0.3 is 6.18 Å². The summed E-state index contributed by atoms with van der Waals surface area (Å²) in [5.41, 5.74) is 5.53. The average Bonchev–Trinajstić information content (AvgIpc) is 2.92. The minimum Gasteiger partial charge on any atom is -0.356 e. The fourth-order valence-electron chi connectivity index (χ4n) is 1.42. The minimum absolute atomic E-state index is 0.00836. The van der Waals surface area contributed by atoms with Crippen molar-refractivity contribution in [2.75, 3.05) is 11.9 Å². The molecule has 1 saturated carbocycles. The third kappa shape index (κ3) is 2.62. The molecule has 0 saturated heterocycles. The van der Waals surface area contributed by atoms with Gasteiger partial charge in [-0.05, 0) is 18.8 Å². The molecule has 8 heteroatoms. The van der Waals surface area contributed by atoms with Crippen molar-refractivity contribution in [3.05, 3.63) is 5.82 Å². The van der Waals surface area contributed by atoms with E-state index in [0.29, 0.717) is 12.5 Å². The first-order valence-corrected chi connectivity index (χ1v) is 5.65. The summed E-state index contributed by atoms with van der Waals surface area (Å²) in [4.78, 5) is 3.40. The lowest BCUT2D eigenvalue weighted by Gasteiger charge is -2.14. The molecule has 0 bridgehead atoms. The molecule has 1 fully saturated rings. The average molecular weight is 252 g/mol. The molecule has 0 aromatic carbocycles. The number of hydrogen-bond acceptors (Lipinski definition) is 5. The molecule has 4 nitrogen and oxygen atoms in total. The molecule has 1 aliphatic rings. The first kappa shape index (κ1) is 11.6. The fraction of sp³-hybridized carbons (Fsp3) is 0.750. The molecule has 0 aliphatic heterocycles. The summed E-state index contributed by atoms with van der Waals surface area (Å²) in [5.74, 6) is -0.630. The maximum absolute atomic E-state index is 12.2. The third-order valence-electron chi connectivity index (χ3n) is 2.43. The van der Waals surface area contributed by atoms with E-state index in [1.54, 1.807) is 0 Å². The van der Waals surface area contributed by atoms with Gasteiger partial charge in [0.2, 0.25) is 11.0 Å². The van der Waals surface area contributed by atoms with Crippen molar-refractivity contribution >= 4 is 16.7 Å². The molecular weight excluding hydrogens is 241 g/mol. The van der Waals surface area contributed by atoms with Crippen molar-refractivity contribution in [3.63, 3.8) is 0 Å². The molecule has 0 radical (unpaired) electrons. The Kier molecular flexibility index (Phi) is 3.02. The van der Waals surface area contributed by atoms with Crippen LogP contribution in [0.25, 0.3) is 0 Å². The predicted octanol–water partition coefficient (Wildman–Crippen LogP) is 1.71. The van der Waals surface area contributed by atoms with Crippen LogP contribution in [0.4, 0.5) is 18.3 Å². The van der Waals surface area contributed by atoms with Gasteiger partial charge in [-0.1, -0.05) is 0 Å². The second-order valence-electron chi connectivity index (χ2n) is 3.74. The Balaban J connectivity index is 2.01. The lowest BCUT2D eigenvalue weighted by atomic mass is 10.2. The molecule has 1 atom stereocenters. The van der Waals surface area contributed by atoms with Gasteiger partial charge in [-0.15, -0.1) is 0 Å². The standard InChI is InChI=1S/C8H11F3N4S/c9-8(10,11)6-14-7(16-15-6)13-5(3-12)4-1-2-4/h4-5H,1-3,12H2,(H,13,14,15). The number of nitrogens with two attached hydrogens (primary N) is 1. The van der Waals surface area contributed by atoms with Crippen molar-refractivity contribution in [2.24, 2.45) is 11.7 Å². The van der Waals surface area contributed by atoms with Crippen LogP contribution in [-0.2, 0) is 6.18 Å². The zero-order valence-electron chi connectivity index (χ0n) is 8.29. The first-order chi connectivity index (χ1) is 7.50. The van der Waals surface area contributed by atoms with Gasteiger partial charge in [0.25, 0.3) is 0 Å². The molecule has 1 aromatic rings. The van der Waals surface area contributed by atoms with Crippen LogP contribution in [0.15, 0.2) is 0 Å². The zero-order valence-corrected chi connectivity index (χ0v) is 9.11. The Morgan fingerprint density at radius 2 is 2.19 bits per heavy atom. The molecule has 1 unspecified atom stereocenters. The Morgan fingerprint density at radius 1 is 1.50 bits per heavy atom. The van der Waals surface area contributed by atoms with E-state index in [-0.39, 0.29) is 11.2 Å². The molecule has 0 amide bonds. The van der Waals surface area contributed by atoms with Gasteiger partial charge in [0, 0.05) is 24.1 Å². The van der Waals surface area contributed by atoms with Crippen LogP contribution in [0, 0.1) is 5.92 Å². The molecule has 2 rings (SSSR count). The van der Waals surface area contributed by atoms with Gasteiger partial charge in [0.05, 0.1) is 0 Å². The Labute approximate surface area is 94.2 Å². The van der Waals surface area contributed by atoms with Gasteiger partial charge in [-0.25, -0.2) is 0 Å². The highest BCUT2D eigenvalue weighted by molar-refractivity contribution is 7.09. The quantitative estimate of drug-likeness (QED) is 0.856. The molecule has 3 N–H and O–H groups in total. The van der Waals surface area contributed by atoms with E-state index in [1.165, 1.54) is 0 Å². The summed E-state index contributed by atoms with van der Waals surface area (Å²) in [6.45, 7) is 0.394. The molecular formula is C8H11F3N4S. The lowest BCUT2D eigenvalue weighted by Crippen LogP contribution is -2.30. The van der Waals surface area contributed by atoms with E-state index in [2.05, 4.69) is 14.7 Å². The first-order valence-electron chi connectivity index (χ1n) is 4.88. The highest BCUT2D eigenvalue weighted by atomic mass is 32.1. The zero-order chi connectivity index (χ0) is 11.8. The number of nitrogens with one attached hydrogen (secondary N) is 1. The summed E-state index contributed by atoms with van der Waals surface area (Å²) < 4.78 is 39.9. The Hall–Kier alpha value is -0.890. The van der Waals surface area contributed by atoms with Crippen molar-refractivity contribution in [2.45, 2.75) is 25.1 Å². The highest BCUT2D eigenvalue weighted by Crippen LogP contribution is 2.35. The number of rotatable bonds is 4. The van der Waals surface area contributed by atoms with Gasteiger partial charge in [0.15, 0.2) is 0 Å². The molecule has 16 heavy (non-hydrogen) atoms. The van der Waals surface area contributed by atoms with Gasteiger partial charge in [0.1, 0.15) is 0 Å². The lowest BCUT2D eigenvalue weighted by molar-refractivity contribution is -0.144. The van der Waals surface area contributed by atoms with Crippen molar-refractivity contribution in [1.82, 2.24) is 9.36 Å². The van der Waals surface area contributed by atoms with Crippen LogP contribution < -0.4 is 11.1 Å². The van der Waals surface area contributed by atoms with E-state index in [9.17, 15) is 13.2 Å². The predicted molar refractivity (Wildman–Crippen MR) is 54.1 cm³/mol. The SMILES string of the molecule is NCC(Nc1nc(C(F)(F)F)ns1)C1CC1. The maximum Gasteiger partial charge on any atom is 0.452 e. The summed E-state index contributed by atoms with van der Waals surface area (Å²) in [5, 5.41) is 3.09. The number of hydrogen-bond donors (Lipinski definition) is 2. The molecule has 90 valence electrons. The molecule has 1 aromatic heterocycles. The topological polar surface area (TPSA) is 63.8 Å². The summed E-state index contributed by atoms with van der Waals surface area (Å²) >= 11 is 0.718. The van der Waals surface area contributed by atoms with Crippen LogP contribution in [0.3, 0.4) is 0 Å². The number of aromatic nitrogens is 2. The maximum atomic E-state index is 12.2. The molecule has 0 spiro atoms. The fourth-order valence-corrected chi connectivity index (χ4v) is 2.07. The Morgan fingerprint density at radius 3 is 2.62 bits per heavy atom. The smallest absolute Gasteiger partial charge is 0.356 e. The number of halogens is 3. The summed E-state index contributed by atoms with van der Waals surface area (Å²) in [6.07, 6.45) is -2.34. The van der Waals surface area contributed by atoms with Gasteiger partial charge in [-0.2, -0.15) is 22.5 Å². The van der Waals surface area contributed by atoms with E-state index >= 15 is 0 Å². The van der Waals surface area contributed by atoms with E-state index < -0.39 is 12.0 Å². The van der Waals surface area contributed by atoms with Crippen LogP contribution >= 0.6 is 11.5 Å². The van der Waals surface area contributed by atoms with E-state index in [0.717, 1.165) is 24.4 Å². The third-order valence-corrected chi connectivity index (χ3v) is 3.08. The van der Waals surface area contributed by atoms with Gasteiger partial charge in [-0.3, -0.25) is 0 Å². The second-order valence-corrected chi connectivity index (χ2v) is 4.50. The largest absolute Gasteiger partial charge is 0.452 e. The van der Waals surface area contributed by atoms with Crippen LogP contribution in [0.2, 0.25) is 0 Å². The van der Waals surface area contributed by atoms with E-state index in [1.807, 2.05) is 0 Å². The van der Waals surface area contributed by atoms with Crippen molar-refractivity contribution in [3.8, 4) is 0 Å². The number of nitrogens with zero attached hydrogens (tertiary/aromatic N) is 2. The molecule has 1 aliphatic carbocycles. The highest BCUT2D eigenvalue weighted by Gasteiger charge is 2.37. The number of alkyl halides is 3. The molecule has 1 heterocycles. The van der Waals surface area contributed by atoms with Crippen LogP contribution in [0.1, 0.15) is 18.7 Å². The Bertz CT molecular complexity index is 360. The van der Waals surface area contributed by atoms with Crippen LogP contribution in [-0.4, -0.2) is 21.9 Å². The van der Waals surface area contributed by atoms with E-state index in [4.69, 9.17) is 5.73 Å². The van der Waals surface area contributed by atoms with Gasteiger partial charge < -0.3 is 11.1 Å². The summed E-state index contributed by atoms with van der Waals surface area (Å²) in [6, 6.07) is 0.00836. The van der Waals surface area contributed by atoms with Crippen molar-refractivity contribution < 1.29 is 13.2 Å². The van der Waals surface area contributed by atoms with Crippen molar-refractivity contribution in [1.29, 1.82) is 0 Å². The van der Waals surface area contributed by atoms with Crippen LogP contribution in [0.5, 0.6) is 0 Å². The minimum atomic E-state index is -4.48. The summed E-state index contributed by atoms with van der Waals surface area (Å²) in [7, 11) is 0. The second kappa shape index (κ2) is 4.17. The monoisotopic (exact) mass is 252 g/mol. The normalized spacial score (nSPS) is 18.5. The number of anilines is 1.